The fraction of sp³-hybridized carbons (Fsp3) is 0.308. The Morgan fingerprint density at radius 1 is 1.12 bits per heavy atom. The van der Waals surface area contributed by atoms with Crippen LogP contribution < -0.4 is 10.6 Å². The number of Topliss-reactive ketones (excluding diaryl/α,β-unsaturated/α-hetero) is 1. The summed E-state index contributed by atoms with van der Waals surface area (Å²) in [5.41, 5.74) is 2.13. The molecule has 1 fully saturated rings. The zero-order valence-corrected chi connectivity index (χ0v) is 18.2. The minimum Gasteiger partial charge on any atom is -0.356 e. The van der Waals surface area contributed by atoms with E-state index >= 15 is 0 Å². The summed E-state index contributed by atoms with van der Waals surface area (Å²) in [4.78, 5) is 41.2. The largest absolute Gasteiger partial charge is 0.356 e. The number of fused-ring (bicyclic) bond motifs is 1. The Bertz CT molecular complexity index is 1160. The van der Waals surface area contributed by atoms with Gasteiger partial charge < -0.3 is 15.6 Å². The first-order valence-electron chi connectivity index (χ1n) is 11.2. The molecule has 2 heterocycles. The van der Waals surface area contributed by atoms with Gasteiger partial charge in [0.1, 0.15) is 5.69 Å². The van der Waals surface area contributed by atoms with E-state index < -0.39 is 12.0 Å². The maximum Gasteiger partial charge on any atom is 0.268 e. The van der Waals surface area contributed by atoms with Crippen LogP contribution in [-0.4, -0.2) is 35.2 Å². The molecule has 1 aromatic heterocycles. The van der Waals surface area contributed by atoms with E-state index in [4.69, 9.17) is 0 Å². The number of nitriles is 1. The van der Waals surface area contributed by atoms with Crippen LogP contribution in [0, 0.1) is 23.2 Å². The number of hydrogen-bond acceptors (Lipinski definition) is 4. The van der Waals surface area contributed by atoms with E-state index in [0.29, 0.717) is 31.5 Å². The van der Waals surface area contributed by atoms with Crippen LogP contribution in [0.2, 0.25) is 0 Å². The number of rotatable bonds is 9. The summed E-state index contributed by atoms with van der Waals surface area (Å²) in [5, 5.41) is 16.2. The predicted molar refractivity (Wildman–Crippen MR) is 124 cm³/mol. The van der Waals surface area contributed by atoms with Gasteiger partial charge >= 0.3 is 0 Å². The number of carbonyl (C=O) groups is 3. The van der Waals surface area contributed by atoms with Crippen LogP contribution in [0.15, 0.2) is 60.7 Å². The molecule has 168 valence electrons. The Morgan fingerprint density at radius 3 is 2.58 bits per heavy atom. The second kappa shape index (κ2) is 10.1. The van der Waals surface area contributed by atoms with Gasteiger partial charge in [-0.2, -0.15) is 5.26 Å². The van der Waals surface area contributed by atoms with Crippen molar-refractivity contribution in [2.45, 2.75) is 31.7 Å². The highest BCUT2D eigenvalue weighted by molar-refractivity contribution is 6.00. The van der Waals surface area contributed by atoms with Crippen molar-refractivity contribution >= 4 is 28.5 Å². The number of carbonyl (C=O) groups excluding carboxylic acids is 3. The molecular formula is C26H26N4O3. The van der Waals surface area contributed by atoms with Gasteiger partial charge in [0.25, 0.3) is 5.91 Å². The van der Waals surface area contributed by atoms with E-state index in [1.54, 1.807) is 6.07 Å². The molecule has 1 saturated heterocycles. The van der Waals surface area contributed by atoms with Crippen LogP contribution in [0.3, 0.4) is 0 Å². The summed E-state index contributed by atoms with van der Waals surface area (Å²) in [6, 6.07) is 20.2. The highest BCUT2D eigenvalue weighted by Crippen LogP contribution is 2.23. The summed E-state index contributed by atoms with van der Waals surface area (Å²) in [6.07, 6.45) is 1.34. The first-order valence-corrected chi connectivity index (χ1v) is 11.2. The van der Waals surface area contributed by atoms with Crippen molar-refractivity contribution in [1.29, 1.82) is 5.26 Å². The predicted octanol–water partition coefficient (Wildman–Crippen LogP) is 3.13. The second-order valence-electron chi connectivity index (χ2n) is 8.49. The topological polar surface area (TPSA) is 115 Å². The molecule has 0 spiro atoms. The monoisotopic (exact) mass is 442 g/mol. The Morgan fingerprint density at radius 2 is 1.88 bits per heavy atom. The molecule has 3 atom stereocenters. The second-order valence-corrected chi connectivity index (χ2v) is 8.49. The third-order valence-electron chi connectivity index (χ3n) is 6.11. The highest BCUT2D eigenvalue weighted by atomic mass is 16.2. The van der Waals surface area contributed by atoms with E-state index in [0.717, 1.165) is 16.5 Å². The quantitative estimate of drug-likeness (QED) is 0.472. The van der Waals surface area contributed by atoms with Gasteiger partial charge in [0.15, 0.2) is 5.78 Å². The molecule has 2 amide bonds. The summed E-state index contributed by atoms with van der Waals surface area (Å²) in [6.45, 7) is 0.604. The Hall–Kier alpha value is -3.92. The molecule has 2 aromatic carbocycles. The zero-order chi connectivity index (χ0) is 23.2. The van der Waals surface area contributed by atoms with Gasteiger partial charge in [-0.15, -0.1) is 0 Å². The number of H-pyrrole nitrogens is 1. The van der Waals surface area contributed by atoms with Gasteiger partial charge in [0.05, 0.1) is 18.0 Å². The van der Waals surface area contributed by atoms with Crippen LogP contribution in [0.4, 0.5) is 0 Å². The zero-order valence-electron chi connectivity index (χ0n) is 18.2. The Kier molecular flexibility index (Phi) is 6.84. The minimum atomic E-state index is -0.778. The fourth-order valence-electron chi connectivity index (χ4n) is 4.31. The van der Waals surface area contributed by atoms with Gasteiger partial charge in [-0.05, 0) is 37.0 Å². The van der Waals surface area contributed by atoms with Gasteiger partial charge in [0.2, 0.25) is 5.91 Å². The molecule has 0 saturated carbocycles. The van der Waals surface area contributed by atoms with E-state index in [1.807, 2.05) is 54.6 Å². The van der Waals surface area contributed by atoms with Crippen molar-refractivity contribution in [2.75, 3.05) is 6.54 Å². The van der Waals surface area contributed by atoms with Crippen LogP contribution in [0.25, 0.3) is 10.9 Å². The normalized spacial score (nSPS) is 17.2. The Balaban J connectivity index is 1.49. The first-order chi connectivity index (χ1) is 16.0. The number of nitrogens with one attached hydrogen (secondary N) is 3. The molecule has 0 aliphatic carbocycles. The van der Waals surface area contributed by atoms with Crippen molar-refractivity contribution in [2.24, 2.45) is 11.8 Å². The summed E-state index contributed by atoms with van der Waals surface area (Å²) in [5.74, 6) is -1.46. The number of ketones is 1. The third kappa shape index (κ3) is 5.47. The molecule has 0 bridgehead atoms. The smallest absolute Gasteiger partial charge is 0.268 e. The number of aromatic amines is 1. The van der Waals surface area contributed by atoms with Crippen LogP contribution >= 0.6 is 0 Å². The molecule has 3 N–H and O–H groups in total. The molecule has 1 aliphatic heterocycles. The van der Waals surface area contributed by atoms with Crippen molar-refractivity contribution in [3.05, 3.63) is 71.9 Å². The number of para-hydroxylation sites is 1. The molecule has 0 radical (unpaired) electrons. The van der Waals surface area contributed by atoms with Crippen LogP contribution in [0.5, 0.6) is 0 Å². The molecular weight excluding hydrogens is 416 g/mol. The van der Waals surface area contributed by atoms with Crippen LogP contribution in [0.1, 0.15) is 35.3 Å². The molecule has 7 heteroatoms. The molecule has 1 unspecified atom stereocenters. The molecule has 33 heavy (non-hydrogen) atoms. The standard InChI is InChI=1S/C26H26N4O3/c27-16-18(12-20-10-11-28-25(20)32)14-24(31)22(13-17-6-2-1-3-7-17)30-26(33)23-15-19-8-4-5-9-21(19)29-23/h1-9,15,18,20,22,29H,10-14H2,(H,28,32)(H,30,33)/t18-,20?,22+/m1/s1. The van der Waals surface area contributed by atoms with Crippen molar-refractivity contribution in [3.63, 3.8) is 0 Å². The lowest BCUT2D eigenvalue weighted by Crippen LogP contribution is -2.43. The SMILES string of the molecule is N#C[C@@H](CC(=O)[C@H](Cc1ccccc1)NC(=O)c1cc2ccccc2[nH]1)CC1CCNC1=O. The van der Waals surface area contributed by atoms with Crippen molar-refractivity contribution in [3.8, 4) is 6.07 Å². The summed E-state index contributed by atoms with van der Waals surface area (Å²) in [7, 11) is 0. The average Bonchev–Trinajstić information content (AvgIpc) is 3.44. The van der Waals surface area contributed by atoms with Gasteiger partial charge in [0, 0.05) is 29.8 Å². The lowest BCUT2D eigenvalue weighted by atomic mass is 9.88. The summed E-state index contributed by atoms with van der Waals surface area (Å²) < 4.78 is 0. The highest BCUT2D eigenvalue weighted by Gasteiger charge is 2.30. The number of hydrogen-bond donors (Lipinski definition) is 3. The van der Waals surface area contributed by atoms with Gasteiger partial charge in [-0.25, -0.2) is 0 Å². The summed E-state index contributed by atoms with van der Waals surface area (Å²) >= 11 is 0. The van der Waals surface area contributed by atoms with E-state index in [-0.39, 0.29) is 29.9 Å². The first kappa shape index (κ1) is 22.3. The fourth-order valence-corrected chi connectivity index (χ4v) is 4.31. The minimum absolute atomic E-state index is 0.00916. The van der Waals surface area contributed by atoms with Crippen LogP contribution in [-0.2, 0) is 16.0 Å². The maximum atomic E-state index is 13.2. The average molecular weight is 443 g/mol. The third-order valence-corrected chi connectivity index (χ3v) is 6.11. The molecule has 4 rings (SSSR count). The van der Waals surface area contributed by atoms with Gasteiger partial charge in [-0.3, -0.25) is 14.4 Å². The van der Waals surface area contributed by atoms with E-state index in [1.165, 1.54) is 0 Å². The number of nitrogens with zero attached hydrogens (tertiary/aromatic N) is 1. The lowest BCUT2D eigenvalue weighted by Gasteiger charge is -2.20. The number of aromatic nitrogens is 1. The molecule has 3 aromatic rings. The van der Waals surface area contributed by atoms with E-state index in [2.05, 4.69) is 21.7 Å². The van der Waals surface area contributed by atoms with E-state index in [9.17, 15) is 19.6 Å². The number of amides is 2. The number of benzene rings is 2. The lowest BCUT2D eigenvalue weighted by molar-refractivity contribution is -0.124. The molecule has 7 nitrogen and oxygen atoms in total. The molecule has 1 aliphatic rings. The Labute approximate surface area is 192 Å². The van der Waals surface area contributed by atoms with Crippen molar-refractivity contribution < 1.29 is 14.4 Å². The maximum absolute atomic E-state index is 13.2. The van der Waals surface area contributed by atoms with Crippen molar-refractivity contribution in [1.82, 2.24) is 15.6 Å². The van der Waals surface area contributed by atoms with Gasteiger partial charge in [-0.1, -0.05) is 48.5 Å².